The molecule has 1 heterocycles. The topological polar surface area (TPSA) is 100 Å². The van der Waals surface area contributed by atoms with Crippen LogP contribution < -0.4 is 15.4 Å². The number of carbonyl (C=O) groups excluding carboxylic acids is 1. The highest BCUT2D eigenvalue weighted by Gasteiger charge is 2.18. The Morgan fingerprint density at radius 2 is 1.71 bits per heavy atom. The van der Waals surface area contributed by atoms with Crippen LogP contribution in [0.25, 0.3) is 0 Å². The highest BCUT2D eigenvalue weighted by Crippen LogP contribution is 2.30. The van der Waals surface area contributed by atoms with E-state index in [1.165, 1.54) is 12.1 Å². The molecule has 0 aliphatic heterocycles. The Kier molecular flexibility index (Phi) is 5.87. The number of urea groups is 1. The first-order valence-electron chi connectivity index (χ1n) is 8.14. The van der Waals surface area contributed by atoms with E-state index in [1.807, 2.05) is 6.92 Å². The summed E-state index contributed by atoms with van der Waals surface area (Å²) in [5, 5.41) is 6.27. The number of halogens is 1. The van der Waals surface area contributed by atoms with E-state index in [2.05, 4.69) is 20.3 Å². The van der Waals surface area contributed by atoms with E-state index in [0.29, 0.717) is 21.4 Å². The number of amides is 2. The minimum absolute atomic E-state index is 0.136. The smallest absolute Gasteiger partial charge is 0.306 e. The zero-order chi connectivity index (χ0) is 20.3. The van der Waals surface area contributed by atoms with Gasteiger partial charge in [0.05, 0.1) is 21.3 Å². The molecule has 2 amide bonds. The summed E-state index contributed by atoms with van der Waals surface area (Å²) in [5.41, 5.74) is 1.91. The monoisotopic (exact) mass is 436 g/mol. The van der Waals surface area contributed by atoms with Gasteiger partial charge < -0.3 is 5.32 Å². The number of carbonyl (C=O) groups is 1. The summed E-state index contributed by atoms with van der Waals surface area (Å²) in [4.78, 5) is 16.5. The molecule has 7 nitrogen and oxygen atoms in total. The Morgan fingerprint density at radius 1 is 1.04 bits per heavy atom. The Hall–Kier alpha value is -2.62. The summed E-state index contributed by atoms with van der Waals surface area (Å²) in [5.74, 6) is 0. The number of thiazole rings is 1. The molecule has 3 aromatic rings. The van der Waals surface area contributed by atoms with Crippen molar-refractivity contribution in [3.8, 4) is 0 Å². The first-order valence-corrected chi connectivity index (χ1v) is 10.8. The third-order valence-electron chi connectivity index (χ3n) is 3.70. The molecule has 10 heteroatoms. The third-order valence-corrected chi connectivity index (χ3v) is 6.50. The van der Waals surface area contributed by atoms with Crippen LogP contribution in [0.4, 0.5) is 20.6 Å². The van der Waals surface area contributed by atoms with E-state index in [1.54, 1.807) is 43.3 Å². The van der Waals surface area contributed by atoms with Gasteiger partial charge in [-0.2, -0.15) is 0 Å². The maximum absolute atomic E-state index is 12.5. The number of hydrogen-bond donors (Lipinski definition) is 3. The molecule has 0 bridgehead atoms. The van der Waals surface area contributed by atoms with Crippen LogP contribution in [0.2, 0.25) is 5.02 Å². The molecule has 0 spiro atoms. The van der Waals surface area contributed by atoms with Gasteiger partial charge in [-0.3, -0.25) is 10.0 Å². The highest BCUT2D eigenvalue weighted by atomic mass is 35.5. The Labute approximate surface area is 171 Å². The van der Waals surface area contributed by atoms with Crippen LogP contribution in [0.3, 0.4) is 0 Å². The molecular weight excluding hydrogens is 420 g/mol. The van der Waals surface area contributed by atoms with Crippen LogP contribution >= 0.6 is 22.9 Å². The van der Waals surface area contributed by atoms with Gasteiger partial charge in [0.15, 0.2) is 5.13 Å². The number of aryl methyl sites for hydroxylation is 2. The number of sulfonamides is 1. The SMILES string of the molecule is Cc1ccc(S(=O)(=O)Nc2nc(C)c(NC(=O)Nc3ccccc3Cl)s2)cc1. The van der Waals surface area contributed by atoms with Gasteiger partial charge in [-0.25, -0.2) is 18.2 Å². The lowest BCUT2D eigenvalue weighted by atomic mass is 10.2. The van der Waals surface area contributed by atoms with Crippen molar-refractivity contribution < 1.29 is 13.2 Å². The average Bonchev–Trinajstić information content (AvgIpc) is 2.95. The van der Waals surface area contributed by atoms with Gasteiger partial charge in [-0.15, -0.1) is 0 Å². The lowest BCUT2D eigenvalue weighted by molar-refractivity contribution is 0.262. The normalized spacial score (nSPS) is 11.1. The molecule has 0 saturated heterocycles. The molecule has 0 atom stereocenters. The lowest BCUT2D eigenvalue weighted by Gasteiger charge is -2.07. The van der Waals surface area contributed by atoms with E-state index in [9.17, 15) is 13.2 Å². The fourth-order valence-corrected chi connectivity index (χ4v) is 4.55. The van der Waals surface area contributed by atoms with Crippen LogP contribution in [0.5, 0.6) is 0 Å². The van der Waals surface area contributed by atoms with Gasteiger partial charge in [0.2, 0.25) is 0 Å². The van der Waals surface area contributed by atoms with E-state index in [4.69, 9.17) is 11.6 Å². The number of aromatic nitrogens is 1. The zero-order valence-electron chi connectivity index (χ0n) is 15.0. The number of nitrogens with zero attached hydrogens (tertiary/aromatic N) is 1. The first-order chi connectivity index (χ1) is 13.2. The first kappa shape index (κ1) is 20.1. The molecule has 0 saturated carbocycles. The van der Waals surface area contributed by atoms with Gasteiger partial charge >= 0.3 is 6.03 Å². The number of nitrogens with one attached hydrogen (secondary N) is 3. The van der Waals surface area contributed by atoms with E-state index < -0.39 is 16.1 Å². The summed E-state index contributed by atoms with van der Waals surface area (Å²) in [7, 11) is -3.76. The van der Waals surface area contributed by atoms with Crippen molar-refractivity contribution in [1.82, 2.24) is 4.98 Å². The molecule has 1 aromatic heterocycles. The van der Waals surface area contributed by atoms with Crippen LogP contribution in [0.15, 0.2) is 53.4 Å². The molecule has 0 aliphatic rings. The van der Waals surface area contributed by atoms with Gasteiger partial charge in [0.1, 0.15) is 5.00 Å². The maximum atomic E-state index is 12.5. The number of para-hydroxylation sites is 1. The molecule has 0 fully saturated rings. The van der Waals surface area contributed by atoms with E-state index in [-0.39, 0.29) is 10.0 Å². The second kappa shape index (κ2) is 8.17. The van der Waals surface area contributed by atoms with Crippen molar-refractivity contribution in [2.24, 2.45) is 0 Å². The predicted octanol–water partition coefficient (Wildman–Crippen LogP) is 4.86. The number of anilines is 3. The van der Waals surface area contributed by atoms with Gasteiger partial charge in [-0.05, 0) is 38.1 Å². The average molecular weight is 437 g/mol. The third kappa shape index (κ3) is 4.80. The molecule has 146 valence electrons. The van der Waals surface area contributed by atoms with Crippen molar-refractivity contribution in [3.05, 3.63) is 64.8 Å². The quantitative estimate of drug-likeness (QED) is 0.531. The van der Waals surface area contributed by atoms with Gasteiger partial charge in [-0.1, -0.05) is 52.8 Å². The minimum Gasteiger partial charge on any atom is -0.306 e. The number of hydrogen-bond acceptors (Lipinski definition) is 5. The lowest BCUT2D eigenvalue weighted by Crippen LogP contribution is -2.19. The largest absolute Gasteiger partial charge is 0.324 e. The van der Waals surface area contributed by atoms with Crippen molar-refractivity contribution in [1.29, 1.82) is 0 Å². The van der Waals surface area contributed by atoms with E-state index in [0.717, 1.165) is 16.9 Å². The van der Waals surface area contributed by atoms with Crippen molar-refractivity contribution in [2.75, 3.05) is 15.4 Å². The molecule has 0 aliphatic carbocycles. The highest BCUT2D eigenvalue weighted by molar-refractivity contribution is 7.93. The Balaban J connectivity index is 1.71. The number of rotatable bonds is 5. The summed E-state index contributed by atoms with van der Waals surface area (Å²) >= 11 is 7.04. The minimum atomic E-state index is -3.76. The van der Waals surface area contributed by atoms with Crippen LogP contribution in [-0.4, -0.2) is 19.4 Å². The standard InChI is InChI=1S/C18H17ClN4O3S2/c1-11-7-9-13(10-8-11)28(25,26)23-18-20-12(2)16(27-18)22-17(24)21-15-6-4-3-5-14(15)19/h3-10H,1-2H3,(H,20,23)(H2,21,22,24). The second-order valence-electron chi connectivity index (χ2n) is 5.91. The molecule has 28 heavy (non-hydrogen) atoms. The molecule has 2 aromatic carbocycles. The van der Waals surface area contributed by atoms with E-state index >= 15 is 0 Å². The zero-order valence-corrected chi connectivity index (χ0v) is 17.4. The van der Waals surface area contributed by atoms with Crippen LogP contribution in [-0.2, 0) is 10.0 Å². The second-order valence-corrected chi connectivity index (χ2v) is 9.00. The van der Waals surface area contributed by atoms with Crippen molar-refractivity contribution in [2.45, 2.75) is 18.7 Å². The molecule has 0 radical (unpaired) electrons. The summed E-state index contributed by atoms with van der Waals surface area (Å²) in [6, 6.07) is 12.8. The Bertz CT molecular complexity index is 1110. The molecule has 3 N–H and O–H groups in total. The number of benzene rings is 2. The summed E-state index contributed by atoms with van der Waals surface area (Å²) in [6.45, 7) is 3.55. The molecule has 0 unspecified atom stereocenters. The fraction of sp³-hybridized carbons (Fsp3) is 0.111. The summed E-state index contributed by atoms with van der Waals surface area (Å²) in [6.07, 6.45) is 0. The molecule has 3 rings (SSSR count). The van der Waals surface area contributed by atoms with Crippen molar-refractivity contribution >= 4 is 54.8 Å². The van der Waals surface area contributed by atoms with Crippen molar-refractivity contribution in [3.63, 3.8) is 0 Å². The molecular formula is C18H17ClN4O3S2. The van der Waals surface area contributed by atoms with Crippen LogP contribution in [0, 0.1) is 13.8 Å². The Morgan fingerprint density at radius 3 is 2.39 bits per heavy atom. The van der Waals surface area contributed by atoms with Crippen LogP contribution in [0.1, 0.15) is 11.3 Å². The maximum Gasteiger partial charge on any atom is 0.324 e. The van der Waals surface area contributed by atoms with Gasteiger partial charge in [0.25, 0.3) is 10.0 Å². The predicted molar refractivity (Wildman–Crippen MR) is 113 cm³/mol. The fourth-order valence-electron chi connectivity index (χ4n) is 2.27. The van der Waals surface area contributed by atoms with Gasteiger partial charge in [0, 0.05) is 0 Å². The summed E-state index contributed by atoms with van der Waals surface area (Å²) < 4.78 is 27.4.